The van der Waals surface area contributed by atoms with Crippen molar-refractivity contribution in [2.24, 2.45) is 5.73 Å². The summed E-state index contributed by atoms with van der Waals surface area (Å²) in [7, 11) is 0. The zero-order chi connectivity index (χ0) is 13.5. The van der Waals surface area contributed by atoms with E-state index in [-0.39, 0.29) is 6.04 Å². The van der Waals surface area contributed by atoms with Crippen LogP contribution in [0.25, 0.3) is 0 Å². The fraction of sp³-hybridized carbons (Fsp3) is 0.250. The number of nitrogens with one attached hydrogen (secondary N) is 1. The highest BCUT2D eigenvalue weighted by atomic mass is 16.5. The van der Waals surface area contributed by atoms with E-state index in [4.69, 9.17) is 10.5 Å². The van der Waals surface area contributed by atoms with Crippen molar-refractivity contribution in [1.82, 2.24) is 0 Å². The maximum Gasteiger partial charge on any atom is 0.119 e. The van der Waals surface area contributed by atoms with Gasteiger partial charge in [0.1, 0.15) is 5.75 Å². The van der Waals surface area contributed by atoms with Gasteiger partial charge in [0.05, 0.1) is 12.6 Å². The highest BCUT2D eigenvalue weighted by Gasteiger charge is 2.10. The van der Waals surface area contributed by atoms with Crippen molar-refractivity contribution in [3.05, 3.63) is 60.2 Å². The third kappa shape index (κ3) is 3.73. The Morgan fingerprint density at radius 2 is 1.89 bits per heavy atom. The highest BCUT2D eigenvalue weighted by molar-refractivity contribution is 5.46. The Bertz CT molecular complexity index is 499. The van der Waals surface area contributed by atoms with Crippen molar-refractivity contribution in [2.45, 2.75) is 13.0 Å². The van der Waals surface area contributed by atoms with Gasteiger partial charge >= 0.3 is 0 Å². The molecule has 0 radical (unpaired) electrons. The van der Waals surface area contributed by atoms with Gasteiger partial charge in [-0.25, -0.2) is 0 Å². The number of hydrogen-bond donors (Lipinski definition) is 2. The lowest BCUT2D eigenvalue weighted by atomic mass is 10.1. The van der Waals surface area contributed by atoms with Crippen LogP contribution in [-0.2, 0) is 0 Å². The number of hydrogen-bond acceptors (Lipinski definition) is 3. The summed E-state index contributed by atoms with van der Waals surface area (Å²) in [5.41, 5.74) is 8.08. The summed E-state index contributed by atoms with van der Waals surface area (Å²) in [5.74, 6) is 0.883. The van der Waals surface area contributed by atoms with Gasteiger partial charge in [-0.2, -0.15) is 0 Å². The zero-order valence-corrected chi connectivity index (χ0v) is 11.2. The maximum absolute atomic E-state index is 5.87. The second-order valence-corrected chi connectivity index (χ2v) is 4.30. The van der Waals surface area contributed by atoms with E-state index in [0.29, 0.717) is 13.2 Å². The number of anilines is 1. The normalized spacial score (nSPS) is 11.9. The van der Waals surface area contributed by atoms with E-state index < -0.39 is 0 Å². The average molecular weight is 256 g/mol. The van der Waals surface area contributed by atoms with Crippen LogP contribution in [0.15, 0.2) is 54.6 Å². The molecule has 0 aliphatic heterocycles. The second kappa shape index (κ2) is 6.81. The molecule has 100 valence electrons. The molecule has 0 amide bonds. The Labute approximate surface area is 114 Å². The van der Waals surface area contributed by atoms with Crippen molar-refractivity contribution in [3.63, 3.8) is 0 Å². The van der Waals surface area contributed by atoms with E-state index in [1.165, 1.54) is 0 Å². The Hall–Kier alpha value is -2.00. The molecule has 3 nitrogen and oxygen atoms in total. The molecular weight excluding hydrogens is 236 g/mol. The molecule has 0 heterocycles. The first-order chi connectivity index (χ1) is 9.33. The SMILES string of the molecule is CCOc1cccc(C(CN)Nc2ccccc2)c1. The topological polar surface area (TPSA) is 47.3 Å². The van der Waals surface area contributed by atoms with Crippen LogP contribution in [0.3, 0.4) is 0 Å². The minimum Gasteiger partial charge on any atom is -0.494 e. The van der Waals surface area contributed by atoms with Crippen LogP contribution in [0.2, 0.25) is 0 Å². The molecule has 19 heavy (non-hydrogen) atoms. The van der Waals surface area contributed by atoms with Gasteiger partial charge in [0.15, 0.2) is 0 Å². The summed E-state index contributed by atoms with van der Waals surface area (Å²) in [6, 6.07) is 18.2. The first-order valence-corrected chi connectivity index (χ1v) is 6.58. The van der Waals surface area contributed by atoms with Gasteiger partial charge < -0.3 is 15.8 Å². The molecule has 2 aromatic carbocycles. The van der Waals surface area contributed by atoms with Gasteiger partial charge in [0, 0.05) is 12.2 Å². The summed E-state index contributed by atoms with van der Waals surface area (Å²) < 4.78 is 5.52. The highest BCUT2D eigenvalue weighted by Crippen LogP contribution is 2.22. The second-order valence-electron chi connectivity index (χ2n) is 4.30. The molecule has 3 heteroatoms. The number of nitrogens with two attached hydrogens (primary N) is 1. The quantitative estimate of drug-likeness (QED) is 0.834. The largest absolute Gasteiger partial charge is 0.494 e. The van der Waals surface area contributed by atoms with Crippen molar-refractivity contribution >= 4 is 5.69 Å². The number of para-hydroxylation sites is 1. The van der Waals surface area contributed by atoms with E-state index in [0.717, 1.165) is 17.0 Å². The van der Waals surface area contributed by atoms with Crippen molar-refractivity contribution < 1.29 is 4.74 Å². The molecule has 1 unspecified atom stereocenters. The summed E-state index contributed by atoms with van der Waals surface area (Å²) in [4.78, 5) is 0. The van der Waals surface area contributed by atoms with E-state index >= 15 is 0 Å². The first kappa shape index (κ1) is 13.4. The van der Waals surface area contributed by atoms with Gasteiger partial charge in [-0.3, -0.25) is 0 Å². The lowest BCUT2D eigenvalue weighted by molar-refractivity contribution is 0.339. The summed E-state index contributed by atoms with van der Waals surface area (Å²) >= 11 is 0. The minimum absolute atomic E-state index is 0.0859. The lowest BCUT2D eigenvalue weighted by Crippen LogP contribution is -2.20. The minimum atomic E-state index is 0.0859. The van der Waals surface area contributed by atoms with E-state index in [9.17, 15) is 0 Å². The van der Waals surface area contributed by atoms with Gasteiger partial charge in [-0.15, -0.1) is 0 Å². The number of benzene rings is 2. The summed E-state index contributed by atoms with van der Waals surface area (Å²) in [6.07, 6.45) is 0. The van der Waals surface area contributed by atoms with Gasteiger partial charge in [0.2, 0.25) is 0 Å². The molecule has 0 saturated carbocycles. The van der Waals surface area contributed by atoms with Gasteiger partial charge in [0.25, 0.3) is 0 Å². The van der Waals surface area contributed by atoms with Crippen LogP contribution in [-0.4, -0.2) is 13.2 Å². The number of rotatable bonds is 6. The van der Waals surface area contributed by atoms with Gasteiger partial charge in [-0.05, 0) is 36.8 Å². The monoisotopic (exact) mass is 256 g/mol. The average Bonchev–Trinajstić information content (AvgIpc) is 2.46. The predicted octanol–water partition coefficient (Wildman–Crippen LogP) is 3.20. The first-order valence-electron chi connectivity index (χ1n) is 6.58. The molecule has 0 aliphatic carbocycles. The van der Waals surface area contributed by atoms with E-state index in [1.54, 1.807) is 0 Å². The molecule has 0 fully saturated rings. The van der Waals surface area contributed by atoms with Crippen LogP contribution >= 0.6 is 0 Å². The molecule has 0 saturated heterocycles. The van der Waals surface area contributed by atoms with Crippen LogP contribution in [0.1, 0.15) is 18.5 Å². The zero-order valence-electron chi connectivity index (χ0n) is 11.2. The fourth-order valence-electron chi connectivity index (χ4n) is 2.00. The molecule has 2 rings (SSSR count). The Balaban J connectivity index is 2.15. The molecular formula is C16H20N2O. The molecule has 0 aromatic heterocycles. The van der Waals surface area contributed by atoms with Crippen LogP contribution in [0.4, 0.5) is 5.69 Å². The summed E-state index contributed by atoms with van der Waals surface area (Å²) in [6.45, 7) is 3.18. The van der Waals surface area contributed by atoms with Crippen molar-refractivity contribution in [2.75, 3.05) is 18.5 Å². The summed E-state index contributed by atoms with van der Waals surface area (Å²) in [5, 5.41) is 3.43. The standard InChI is InChI=1S/C16H20N2O/c1-2-19-15-10-6-7-13(11-15)16(12-17)18-14-8-4-3-5-9-14/h3-11,16,18H,2,12,17H2,1H3. The fourth-order valence-corrected chi connectivity index (χ4v) is 2.00. The van der Waals surface area contributed by atoms with Crippen LogP contribution < -0.4 is 15.8 Å². The van der Waals surface area contributed by atoms with Gasteiger partial charge in [-0.1, -0.05) is 30.3 Å². The Morgan fingerprint density at radius 1 is 1.11 bits per heavy atom. The smallest absolute Gasteiger partial charge is 0.119 e. The van der Waals surface area contributed by atoms with E-state index in [1.807, 2.05) is 55.5 Å². The molecule has 2 aromatic rings. The number of ether oxygens (including phenoxy) is 1. The molecule has 1 atom stereocenters. The van der Waals surface area contributed by atoms with Crippen LogP contribution in [0.5, 0.6) is 5.75 Å². The molecule has 3 N–H and O–H groups in total. The third-order valence-corrected chi connectivity index (χ3v) is 2.92. The molecule has 0 bridgehead atoms. The van der Waals surface area contributed by atoms with Crippen molar-refractivity contribution in [1.29, 1.82) is 0 Å². The molecule has 0 aliphatic rings. The molecule has 0 spiro atoms. The predicted molar refractivity (Wildman–Crippen MR) is 79.5 cm³/mol. The van der Waals surface area contributed by atoms with E-state index in [2.05, 4.69) is 11.4 Å². The lowest BCUT2D eigenvalue weighted by Gasteiger charge is -2.19. The third-order valence-electron chi connectivity index (χ3n) is 2.92. The Morgan fingerprint density at radius 3 is 2.58 bits per heavy atom. The maximum atomic E-state index is 5.87. The van der Waals surface area contributed by atoms with Crippen molar-refractivity contribution in [3.8, 4) is 5.75 Å². The van der Waals surface area contributed by atoms with Crippen LogP contribution in [0, 0.1) is 0 Å². The Kier molecular flexibility index (Phi) is 4.81.